The molecule has 0 saturated carbocycles. The van der Waals surface area contributed by atoms with Gasteiger partial charge in [-0.1, -0.05) is 11.8 Å². The van der Waals surface area contributed by atoms with Gasteiger partial charge in [0.1, 0.15) is 11.6 Å². The molecule has 0 atom stereocenters. The lowest BCUT2D eigenvalue weighted by atomic mass is 10.2. The Balaban J connectivity index is 1.58. The van der Waals surface area contributed by atoms with E-state index in [9.17, 15) is 4.79 Å². The van der Waals surface area contributed by atoms with Crippen molar-refractivity contribution >= 4 is 55.3 Å². The van der Waals surface area contributed by atoms with Crippen molar-refractivity contribution in [2.24, 2.45) is 0 Å². The number of halogens is 2. The van der Waals surface area contributed by atoms with Crippen molar-refractivity contribution in [3.05, 3.63) is 45.5 Å². The van der Waals surface area contributed by atoms with Crippen LogP contribution in [0.1, 0.15) is 0 Å². The van der Waals surface area contributed by atoms with Gasteiger partial charge in [-0.3, -0.25) is 4.79 Å². The maximum Gasteiger partial charge on any atom is 0.277 e. The molecule has 2 aromatic heterocycles. The molecule has 0 bridgehead atoms. The van der Waals surface area contributed by atoms with E-state index >= 15 is 0 Å². The van der Waals surface area contributed by atoms with Crippen molar-refractivity contribution in [3.63, 3.8) is 0 Å². The van der Waals surface area contributed by atoms with E-state index in [-0.39, 0.29) is 11.7 Å². The molecule has 1 amide bonds. The fourth-order valence-electron chi connectivity index (χ4n) is 1.92. The number of thioether (sulfide) groups is 1. The number of benzene rings is 1. The Morgan fingerprint density at radius 1 is 1.27 bits per heavy atom. The molecule has 0 aliphatic rings. The summed E-state index contributed by atoms with van der Waals surface area (Å²) in [6, 6.07) is 9.06. The van der Waals surface area contributed by atoms with E-state index in [1.165, 1.54) is 0 Å². The van der Waals surface area contributed by atoms with Crippen LogP contribution in [-0.2, 0) is 4.79 Å². The molecule has 7 nitrogen and oxygen atoms in total. The second kappa shape index (κ2) is 8.65. The van der Waals surface area contributed by atoms with Crippen LogP contribution in [0.4, 0.5) is 5.82 Å². The fourth-order valence-corrected chi connectivity index (χ4v) is 3.57. The van der Waals surface area contributed by atoms with Gasteiger partial charge in [0.2, 0.25) is 11.8 Å². The van der Waals surface area contributed by atoms with Gasteiger partial charge in [0.25, 0.3) is 5.22 Å². The lowest BCUT2D eigenvalue weighted by Gasteiger charge is -2.05. The van der Waals surface area contributed by atoms with Gasteiger partial charge in [0.15, 0.2) is 0 Å². The van der Waals surface area contributed by atoms with E-state index in [4.69, 9.17) is 9.15 Å². The molecule has 0 saturated heterocycles. The lowest BCUT2D eigenvalue weighted by Crippen LogP contribution is -2.15. The van der Waals surface area contributed by atoms with Gasteiger partial charge in [-0.25, -0.2) is 4.98 Å². The molecular weight excluding hydrogens is 488 g/mol. The molecule has 2 heterocycles. The first-order chi connectivity index (χ1) is 12.5. The van der Waals surface area contributed by atoms with Crippen LogP contribution in [0.5, 0.6) is 5.75 Å². The van der Waals surface area contributed by atoms with E-state index in [1.54, 1.807) is 19.4 Å². The number of anilines is 1. The number of rotatable bonds is 6. The van der Waals surface area contributed by atoms with E-state index in [0.717, 1.165) is 27.5 Å². The zero-order valence-corrected chi connectivity index (χ0v) is 17.4. The SMILES string of the molecule is COc1ccc(-c2nnc(SCC(=O)Nc3ncc(Br)cc3Br)o2)cc1. The molecule has 1 N–H and O–H groups in total. The quantitative estimate of drug-likeness (QED) is 0.502. The average molecular weight is 500 g/mol. The summed E-state index contributed by atoms with van der Waals surface area (Å²) in [6.45, 7) is 0. The Kier molecular flexibility index (Phi) is 6.28. The Bertz CT molecular complexity index is 918. The molecule has 3 rings (SSSR count). The van der Waals surface area contributed by atoms with E-state index in [2.05, 4.69) is 52.4 Å². The predicted molar refractivity (Wildman–Crippen MR) is 105 cm³/mol. The Labute approximate surface area is 170 Å². The number of pyridine rings is 1. The van der Waals surface area contributed by atoms with E-state index in [1.807, 2.05) is 24.3 Å². The van der Waals surface area contributed by atoms with Gasteiger partial charge in [-0.05, 0) is 62.2 Å². The predicted octanol–water partition coefficient (Wildman–Crippen LogP) is 4.40. The first-order valence-electron chi connectivity index (χ1n) is 7.27. The fraction of sp³-hybridized carbons (Fsp3) is 0.125. The molecule has 10 heteroatoms. The van der Waals surface area contributed by atoms with Crippen LogP contribution < -0.4 is 10.1 Å². The number of hydrogen-bond donors (Lipinski definition) is 1. The summed E-state index contributed by atoms with van der Waals surface area (Å²) in [4.78, 5) is 16.2. The summed E-state index contributed by atoms with van der Waals surface area (Å²) < 4.78 is 12.2. The first-order valence-corrected chi connectivity index (χ1v) is 9.84. The normalized spacial score (nSPS) is 10.6. The molecule has 134 valence electrons. The third-order valence-electron chi connectivity index (χ3n) is 3.14. The molecule has 26 heavy (non-hydrogen) atoms. The smallest absolute Gasteiger partial charge is 0.277 e. The molecule has 0 spiro atoms. The largest absolute Gasteiger partial charge is 0.497 e. The molecule has 0 aliphatic carbocycles. The summed E-state index contributed by atoms with van der Waals surface area (Å²) in [5.41, 5.74) is 0.776. The third kappa shape index (κ3) is 4.83. The highest BCUT2D eigenvalue weighted by Crippen LogP contribution is 2.26. The monoisotopic (exact) mass is 498 g/mol. The minimum Gasteiger partial charge on any atom is -0.497 e. The standard InChI is InChI=1S/C16H12Br2N4O3S/c1-24-11-4-2-9(3-5-11)15-21-22-16(25-15)26-8-13(23)20-14-12(18)6-10(17)7-19-14/h2-7H,8H2,1H3,(H,19,20,23). The number of nitrogens with one attached hydrogen (secondary N) is 1. The summed E-state index contributed by atoms with van der Waals surface area (Å²) in [5.74, 6) is 1.46. The molecule has 3 aromatic rings. The first kappa shape index (κ1) is 18.9. The zero-order chi connectivity index (χ0) is 18.5. The van der Waals surface area contributed by atoms with Crippen LogP contribution in [0.3, 0.4) is 0 Å². The Morgan fingerprint density at radius 2 is 2.04 bits per heavy atom. The van der Waals surface area contributed by atoms with E-state index in [0.29, 0.717) is 21.4 Å². The van der Waals surface area contributed by atoms with Crippen molar-refractivity contribution in [1.29, 1.82) is 0 Å². The third-order valence-corrected chi connectivity index (χ3v) is 4.99. The molecule has 0 fully saturated rings. The summed E-state index contributed by atoms with van der Waals surface area (Å²) in [7, 11) is 1.60. The number of carbonyl (C=O) groups excluding carboxylic acids is 1. The van der Waals surface area contributed by atoms with Gasteiger partial charge in [-0.15, -0.1) is 10.2 Å². The average Bonchev–Trinajstić information content (AvgIpc) is 3.11. The van der Waals surface area contributed by atoms with Gasteiger partial charge in [0.05, 0.1) is 17.3 Å². The Hall–Kier alpha value is -1.91. The lowest BCUT2D eigenvalue weighted by molar-refractivity contribution is -0.113. The number of carbonyl (C=O) groups is 1. The summed E-state index contributed by atoms with van der Waals surface area (Å²) >= 11 is 7.81. The maximum absolute atomic E-state index is 12.1. The van der Waals surface area contributed by atoms with Crippen LogP contribution in [0.2, 0.25) is 0 Å². The van der Waals surface area contributed by atoms with Gasteiger partial charge in [0, 0.05) is 16.2 Å². The highest BCUT2D eigenvalue weighted by Gasteiger charge is 2.13. The van der Waals surface area contributed by atoms with Crippen LogP contribution in [-0.4, -0.2) is 34.0 Å². The summed E-state index contributed by atoms with van der Waals surface area (Å²) in [6.07, 6.45) is 1.60. The van der Waals surface area contributed by atoms with E-state index < -0.39 is 0 Å². The van der Waals surface area contributed by atoms with Crippen LogP contribution >= 0.6 is 43.6 Å². The number of amides is 1. The number of methoxy groups -OCH3 is 1. The minimum absolute atomic E-state index is 0.119. The van der Waals surface area contributed by atoms with Gasteiger partial charge in [-0.2, -0.15) is 0 Å². The molecule has 1 aromatic carbocycles. The second-order valence-electron chi connectivity index (χ2n) is 4.92. The van der Waals surface area contributed by atoms with Crippen LogP contribution in [0.15, 0.2) is 55.1 Å². The molecule has 0 radical (unpaired) electrons. The highest BCUT2D eigenvalue weighted by molar-refractivity contribution is 9.11. The summed E-state index contributed by atoms with van der Waals surface area (Å²) in [5, 5.41) is 11.0. The topological polar surface area (TPSA) is 90.1 Å². The van der Waals surface area contributed by atoms with Crippen molar-refractivity contribution < 1.29 is 13.9 Å². The van der Waals surface area contributed by atoms with Gasteiger partial charge >= 0.3 is 0 Å². The zero-order valence-electron chi connectivity index (χ0n) is 13.4. The molecular formula is C16H12Br2N4O3S. The van der Waals surface area contributed by atoms with Gasteiger partial charge < -0.3 is 14.5 Å². The number of nitrogens with zero attached hydrogens (tertiary/aromatic N) is 3. The molecule has 0 unspecified atom stereocenters. The molecule has 0 aliphatic heterocycles. The van der Waals surface area contributed by atoms with Crippen molar-refractivity contribution in [2.75, 3.05) is 18.2 Å². The second-order valence-corrected chi connectivity index (χ2v) is 7.62. The number of aromatic nitrogens is 3. The van der Waals surface area contributed by atoms with Crippen molar-refractivity contribution in [1.82, 2.24) is 15.2 Å². The highest BCUT2D eigenvalue weighted by atomic mass is 79.9. The number of ether oxygens (including phenoxy) is 1. The van der Waals surface area contributed by atoms with Crippen LogP contribution in [0, 0.1) is 0 Å². The van der Waals surface area contributed by atoms with Crippen LogP contribution in [0.25, 0.3) is 11.5 Å². The maximum atomic E-state index is 12.1. The minimum atomic E-state index is -0.227. The van der Waals surface area contributed by atoms with Crippen molar-refractivity contribution in [3.8, 4) is 17.2 Å². The van der Waals surface area contributed by atoms with Crippen molar-refractivity contribution in [2.45, 2.75) is 5.22 Å². The Morgan fingerprint density at radius 3 is 2.73 bits per heavy atom. The number of hydrogen-bond acceptors (Lipinski definition) is 7.